The molecule has 3 heterocycles. The molecule has 0 bridgehead atoms. The molecule has 2 aromatic carbocycles. The van der Waals surface area contributed by atoms with Crippen LogP contribution >= 0.6 is 0 Å². The van der Waals surface area contributed by atoms with Gasteiger partial charge in [-0.3, -0.25) is 19.5 Å². The Bertz CT molecular complexity index is 1530. The average Bonchev–Trinajstić information content (AvgIpc) is 3.05. The highest BCUT2D eigenvalue weighted by atomic mass is 19.1. The first-order valence-electron chi connectivity index (χ1n) is 15.6. The number of hydrogen-bond acceptors (Lipinski definition) is 8. The number of rotatable bonds is 11. The molecular formula is C33H43FN8O3. The number of amides is 3. The van der Waals surface area contributed by atoms with Crippen LogP contribution in [0.3, 0.4) is 0 Å². The topological polar surface area (TPSA) is 106 Å². The van der Waals surface area contributed by atoms with Crippen molar-refractivity contribution in [1.82, 2.24) is 19.8 Å². The van der Waals surface area contributed by atoms with E-state index in [1.165, 1.54) is 7.11 Å². The number of ether oxygens (including phenoxy) is 1. The first-order chi connectivity index (χ1) is 21.7. The molecule has 0 atom stereocenters. The summed E-state index contributed by atoms with van der Waals surface area (Å²) in [6.07, 6.45) is 1.72. The summed E-state index contributed by atoms with van der Waals surface area (Å²) in [6.45, 7) is 13.7. The van der Waals surface area contributed by atoms with Crippen LogP contribution < -0.4 is 25.2 Å². The van der Waals surface area contributed by atoms with Gasteiger partial charge in [0.1, 0.15) is 18.2 Å². The fraction of sp³-hybridized carbons (Fsp3) is 0.455. The number of urea groups is 1. The van der Waals surface area contributed by atoms with Gasteiger partial charge in [0.2, 0.25) is 5.95 Å². The van der Waals surface area contributed by atoms with E-state index in [1.807, 2.05) is 32.9 Å². The molecule has 5 rings (SSSR count). The summed E-state index contributed by atoms with van der Waals surface area (Å²) in [7, 11) is 1.51. The number of carbonyl (C=O) groups is 2. The number of nitrogens with zero attached hydrogens (tertiary/aromatic N) is 6. The lowest BCUT2D eigenvalue weighted by molar-refractivity contribution is 0.102. The molecule has 45 heavy (non-hydrogen) atoms. The van der Waals surface area contributed by atoms with Crippen LogP contribution in [0.4, 0.5) is 32.3 Å². The number of anilines is 4. The Morgan fingerprint density at radius 3 is 2.44 bits per heavy atom. The molecule has 2 N–H and O–H groups in total. The van der Waals surface area contributed by atoms with Crippen molar-refractivity contribution in [1.29, 1.82) is 0 Å². The van der Waals surface area contributed by atoms with Gasteiger partial charge in [-0.05, 0) is 62.7 Å². The first-order valence-corrected chi connectivity index (χ1v) is 15.6. The van der Waals surface area contributed by atoms with E-state index in [0.29, 0.717) is 53.1 Å². The van der Waals surface area contributed by atoms with Gasteiger partial charge in [0.05, 0.1) is 19.3 Å². The molecule has 2 aliphatic rings. The Kier molecular flexibility index (Phi) is 10.1. The normalized spacial score (nSPS) is 15.8. The summed E-state index contributed by atoms with van der Waals surface area (Å²) < 4.78 is 19.6. The molecule has 0 unspecified atom stereocenters. The molecule has 1 saturated heterocycles. The maximum atomic E-state index is 14.1. The number of halogens is 1. The molecule has 0 saturated carbocycles. The van der Waals surface area contributed by atoms with Crippen LogP contribution in [0.2, 0.25) is 0 Å². The lowest BCUT2D eigenvalue weighted by Crippen LogP contribution is -2.48. The van der Waals surface area contributed by atoms with Crippen LogP contribution in [-0.4, -0.2) is 84.1 Å². The summed E-state index contributed by atoms with van der Waals surface area (Å²) >= 11 is 0. The largest absolute Gasteiger partial charge is 0.497 e. The van der Waals surface area contributed by atoms with E-state index >= 15 is 0 Å². The third-order valence-electron chi connectivity index (χ3n) is 8.24. The minimum atomic E-state index is -0.623. The quantitative estimate of drug-likeness (QED) is 0.305. The Balaban J connectivity index is 1.35. The van der Waals surface area contributed by atoms with E-state index in [9.17, 15) is 14.0 Å². The number of methoxy groups -OCH3 is 1. The standard InChI is InChI=1S/C33H43FN8O3/c1-6-39-10-12-40(13-11-39)20-23-8-9-27(14-25(23)18-34)37-31(43)24-15-28(17-29(16-24)45-5)42-21-26-19-35-32(36-22(3)4)38-30(26)41(7-2)33(42)44/h8-9,14-17,19,22H,6-7,10-13,18,20-21H2,1-5H3,(H,37,43)(H,35,36,38). The summed E-state index contributed by atoms with van der Waals surface area (Å²) in [6, 6.07) is 10.3. The SMILES string of the molecule is CCN1CCN(Cc2ccc(NC(=O)c3cc(OC)cc(N4Cc5cnc(NC(C)C)nc5N(CC)C4=O)c3)cc2CF)CC1. The smallest absolute Gasteiger partial charge is 0.330 e. The molecule has 2 aliphatic heterocycles. The Morgan fingerprint density at radius 1 is 1.02 bits per heavy atom. The van der Waals surface area contributed by atoms with Crippen molar-refractivity contribution in [2.75, 3.05) is 66.8 Å². The third-order valence-corrected chi connectivity index (χ3v) is 8.24. The zero-order valence-electron chi connectivity index (χ0n) is 26.8. The van der Waals surface area contributed by atoms with Gasteiger partial charge in [-0.25, -0.2) is 14.2 Å². The van der Waals surface area contributed by atoms with Gasteiger partial charge in [0.15, 0.2) is 0 Å². The molecule has 0 aliphatic carbocycles. The molecule has 240 valence electrons. The summed E-state index contributed by atoms with van der Waals surface area (Å²) in [5.74, 6) is 1.05. The Morgan fingerprint density at radius 2 is 1.78 bits per heavy atom. The number of piperazine rings is 1. The lowest BCUT2D eigenvalue weighted by atomic mass is 10.1. The van der Waals surface area contributed by atoms with Gasteiger partial charge in [-0.15, -0.1) is 0 Å². The molecule has 3 aromatic rings. The van der Waals surface area contributed by atoms with Crippen molar-refractivity contribution in [2.24, 2.45) is 0 Å². The van der Waals surface area contributed by atoms with E-state index in [4.69, 9.17) is 4.74 Å². The highest BCUT2D eigenvalue weighted by molar-refractivity contribution is 6.08. The molecule has 1 fully saturated rings. The number of alkyl halides is 1. The van der Waals surface area contributed by atoms with Gasteiger partial charge >= 0.3 is 6.03 Å². The van der Waals surface area contributed by atoms with Gasteiger partial charge in [-0.2, -0.15) is 4.98 Å². The van der Waals surface area contributed by atoms with Crippen LogP contribution in [0, 0.1) is 0 Å². The fourth-order valence-electron chi connectivity index (χ4n) is 5.71. The number of aromatic nitrogens is 2. The molecule has 11 nitrogen and oxygen atoms in total. The number of carbonyl (C=O) groups excluding carboxylic acids is 2. The Hall–Kier alpha value is -4.29. The molecule has 3 amide bonds. The highest BCUT2D eigenvalue weighted by Crippen LogP contribution is 2.33. The van der Waals surface area contributed by atoms with E-state index in [0.717, 1.165) is 43.9 Å². The average molecular weight is 619 g/mol. The minimum absolute atomic E-state index is 0.142. The number of likely N-dealkylation sites (N-methyl/N-ethyl adjacent to an activating group) is 1. The van der Waals surface area contributed by atoms with Crippen LogP contribution in [0.5, 0.6) is 5.75 Å². The van der Waals surface area contributed by atoms with E-state index < -0.39 is 12.6 Å². The van der Waals surface area contributed by atoms with Gasteiger partial charge < -0.3 is 20.3 Å². The number of fused-ring (bicyclic) bond motifs is 1. The van der Waals surface area contributed by atoms with E-state index in [-0.39, 0.29) is 18.6 Å². The fourth-order valence-corrected chi connectivity index (χ4v) is 5.71. The first kappa shape index (κ1) is 32.1. The number of nitrogens with one attached hydrogen (secondary N) is 2. The predicted molar refractivity (Wildman–Crippen MR) is 175 cm³/mol. The molecule has 0 radical (unpaired) electrons. The van der Waals surface area contributed by atoms with Crippen molar-refractivity contribution in [3.63, 3.8) is 0 Å². The summed E-state index contributed by atoms with van der Waals surface area (Å²) in [5.41, 5.74) is 3.57. The van der Waals surface area contributed by atoms with Crippen molar-refractivity contribution >= 4 is 35.1 Å². The monoisotopic (exact) mass is 618 g/mol. The maximum absolute atomic E-state index is 14.1. The number of benzene rings is 2. The van der Waals surface area contributed by atoms with Gasteiger partial charge in [0, 0.05) is 74.4 Å². The van der Waals surface area contributed by atoms with Crippen LogP contribution in [-0.2, 0) is 19.8 Å². The number of hydrogen-bond donors (Lipinski definition) is 2. The van der Waals surface area contributed by atoms with Crippen molar-refractivity contribution in [3.8, 4) is 5.75 Å². The zero-order valence-corrected chi connectivity index (χ0v) is 26.8. The maximum Gasteiger partial charge on any atom is 0.330 e. The molecule has 12 heteroatoms. The molecular weight excluding hydrogens is 575 g/mol. The second-order valence-electron chi connectivity index (χ2n) is 11.7. The van der Waals surface area contributed by atoms with Crippen molar-refractivity contribution < 1.29 is 18.7 Å². The lowest BCUT2D eigenvalue weighted by Gasteiger charge is -2.35. The zero-order chi connectivity index (χ0) is 32.1. The predicted octanol–water partition coefficient (Wildman–Crippen LogP) is 5.13. The second kappa shape index (κ2) is 14.2. The second-order valence-corrected chi connectivity index (χ2v) is 11.7. The van der Waals surface area contributed by atoms with Crippen LogP contribution in [0.25, 0.3) is 0 Å². The van der Waals surface area contributed by atoms with E-state index in [2.05, 4.69) is 37.3 Å². The Labute approximate surface area is 264 Å². The molecule has 0 spiro atoms. The van der Waals surface area contributed by atoms with E-state index in [1.54, 1.807) is 40.3 Å². The van der Waals surface area contributed by atoms with Crippen molar-refractivity contribution in [3.05, 3.63) is 64.8 Å². The summed E-state index contributed by atoms with van der Waals surface area (Å²) in [5, 5.41) is 6.09. The molecule has 1 aromatic heterocycles. The van der Waals surface area contributed by atoms with Crippen molar-refractivity contribution in [2.45, 2.75) is 53.5 Å². The van der Waals surface area contributed by atoms with Crippen LogP contribution in [0.1, 0.15) is 54.7 Å². The highest BCUT2D eigenvalue weighted by Gasteiger charge is 2.33. The van der Waals surface area contributed by atoms with Gasteiger partial charge in [-0.1, -0.05) is 13.0 Å². The minimum Gasteiger partial charge on any atom is -0.497 e. The van der Waals surface area contributed by atoms with Gasteiger partial charge in [0.25, 0.3) is 5.91 Å². The van der Waals surface area contributed by atoms with Crippen LogP contribution in [0.15, 0.2) is 42.6 Å². The summed E-state index contributed by atoms with van der Waals surface area (Å²) in [4.78, 5) is 44.1. The third kappa shape index (κ3) is 7.34.